The van der Waals surface area contributed by atoms with Gasteiger partial charge in [-0.2, -0.15) is 0 Å². The average molecular weight is 398 g/mol. The van der Waals surface area contributed by atoms with E-state index >= 15 is 0 Å². The maximum Gasteiger partial charge on any atom is 0.236 e. The topological polar surface area (TPSA) is 52.7 Å². The van der Waals surface area contributed by atoms with E-state index in [4.69, 9.17) is 0 Å². The molecular formula is C22H27N3O2S. The molecule has 0 bridgehead atoms. The van der Waals surface area contributed by atoms with Gasteiger partial charge in [-0.15, -0.1) is 11.3 Å². The Hall–Kier alpha value is -2.18. The van der Waals surface area contributed by atoms with Gasteiger partial charge in [0.1, 0.15) is 0 Å². The lowest BCUT2D eigenvalue weighted by molar-refractivity contribution is -0.136. The number of carbonyl (C=O) groups is 2. The van der Waals surface area contributed by atoms with Crippen LogP contribution in [0.5, 0.6) is 0 Å². The minimum absolute atomic E-state index is 0.0217. The third kappa shape index (κ3) is 4.13. The summed E-state index contributed by atoms with van der Waals surface area (Å²) in [5, 5.41) is 5.13. The second-order valence-corrected chi connectivity index (χ2v) is 8.71. The molecule has 0 spiro atoms. The highest BCUT2D eigenvalue weighted by Crippen LogP contribution is 2.32. The van der Waals surface area contributed by atoms with Gasteiger partial charge in [0.25, 0.3) is 0 Å². The van der Waals surface area contributed by atoms with Crippen LogP contribution in [0.4, 0.5) is 5.69 Å². The van der Waals surface area contributed by atoms with Crippen LogP contribution in [-0.2, 0) is 16.0 Å². The molecule has 3 heterocycles. The summed E-state index contributed by atoms with van der Waals surface area (Å²) in [6.45, 7) is 4.93. The van der Waals surface area contributed by atoms with E-state index in [0.29, 0.717) is 25.7 Å². The second-order valence-electron chi connectivity index (χ2n) is 7.71. The summed E-state index contributed by atoms with van der Waals surface area (Å²) >= 11 is 1.82. The fraction of sp³-hybridized carbons (Fsp3) is 0.455. The van der Waals surface area contributed by atoms with Crippen LogP contribution in [0.15, 0.2) is 41.8 Å². The van der Waals surface area contributed by atoms with Crippen LogP contribution in [-0.4, -0.2) is 47.8 Å². The predicted molar refractivity (Wildman–Crippen MR) is 112 cm³/mol. The maximum atomic E-state index is 12.8. The molecule has 6 heteroatoms. The Bertz CT molecular complexity index is 827. The van der Waals surface area contributed by atoms with E-state index in [1.807, 2.05) is 46.6 Å². The first-order chi connectivity index (χ1) is 13.6. The number of nitrogens with zero attached hydrogens (tertiary/aromatic N) is 2. The van der Waals surface area contributed by atoms with Gasteiger partial charge in [-0.25, -0.2) is 0 Å². The average Bonchev–Trinajstić information content (AvgIpc) is 3.20. The number of carbonyl (C=O) groups excluding carboxylic acids is 2. The Morgan fingerprint density at radius 3 is 2.61 bits per heavy atom. The van der Waals surface area contributed by atoms with Gasteiger partial charge in [0.05, 0.1) is 6.54 Å². The highest BCUT2D eigenvalue weighted by molar-refractivity contribution is 7.10. The van der Waals surface area contributed by atoms with Gasteiger partial charge in [0, 0.05) is 42.2 Å². The third-order valence-corrected chi connectivity index (χ3v) is 7.00. The Morgan fingerprint density at radius 1 is 1.11 bits per heavy atom. The number of piperidine rings is 1. The molecule has 1 fully saturated rings. The van der Waals surface area contributed by atoms with E-state index in [1.165, 1.54) is 10.4 Å². The molecule has 2 aromatic rings. The van der Waals surface area contributed by atoms with Gasteiger partial charge in [0.2, 0.25) is 11.8 Å². The summed E-state index contributed by atoms with van der Waals surface area (Å²) in [6.07, 6.45) is 2.50. The van der Waals surface area contributed by atoms with Crippen LogP contribution in [0.25, 0.3) is 0 Å². The Labute approximate surface area is 170 Å². The van der Waals surface area contributed by atoms with Crippen LogP contribution in [0, 0.1) is 5.92 Å². The number of thiophene rings is 1. The number of fused-ring (bicyclic) bond motifs is 1. The molecule has 0 aliphatic carbocycles. The van der Waals surface area contributed by atoms with Crippen molar-refractivity contribution in [2.75, 3.05) is 31.5 Å². The minimum Gasteiger partial charge on any atom is -0.342 e. The van der Waals surface area contributed by atoms with Gasteiger partial charge in [-0.3, -0.25) is 14.5 Å². The van der Waals surface area contributed by atoms with Crippen molar-refractivity contribution in [3.05, 3.63) is 52.2 Å². The summed E-state index contributed by atoms with van der Waals surface area (Å²) in [7, 11) is 0. The van der Waals surface area contributed by atoms with Crippen molar-refractivity contribution in [1.82, 2.24) is 9.80 Å². The van der Waals surface area contributed by atoms with E-state index in [0.717, 1.165) is 31.5 Å². The van der Waals surface area contributed by atoms with Crippen LogP contribution in [0.3, 0.4) is 0 Å². The zero-order chi connectivity index (χ0) is 19.5. The summed E-state index contributed by atoms with van der Waals surface area (Å²) < 4.78 is 0. The molecule has 5 nitrogen and oxygen atoms in total. The Balaban J connectivity index is 1.27. The Kier molecular flexibility index (Phi) is 5.78. The van der Waals surface area contributed by atoms with Crippen molar-refractivity contribution in [2.45, 2.75) is 32.2 Å². The van der Waals surface area contributed by atoms with Gasteiger partial charge >= 0.3 is 0 Å². The van der Waals surface area contributed by atoms with E-state index in [1.54, 1.807) is 0 Å². The van der Waals surface area contributed by atoms with Crippen molar-refractivity contribution >= 4 is 28.8 Å². The van der Waals surface area contributed by atoms with E-state index in [9.17, 15) is 9.59 Å². The zero-order valence-corrected chi connectivity index (χ0v) is 17.1. The van der Waals surface area contributed by atoms with Crippen molar-refractivity contribution in [1.29, 1.82) is 0 Å². The molecule has 0 saturated carbocycles. The number of para-hydroxylation sites is 1. The number of hydrogen-bond acceptors (Lipinski definition) is 4. The molecule has 4 rings (SSSR count). The monoisotopic (exact) mass is 397 g/mol. The van der Waals surface area contributed by atoms with Crippen molar-refractivity contribution in [3.63, 3.8) is 0 Å². The number of nitrogens with one attached hydrogen (secondary N) is 1. The summed E-state index contributed by atoms with van der Waals surface area (Å²) in [6, 6.07) is 12.0. The number of likely N-dealkylation sites (tertiary alicyclic amines) is 1. The number of amides is 2. The first kappa shape index (κ1) is 19.2. The number of rotatable bonds is 4. The summed E-state index contributed by atoms with van der Waals surface area (Å²) in [5.74, 6) is 0.229. The number of benzene rings is 1. The summed E-state index contributed by atoms with van der Waals surface area (Å²) in [5.41, 5.74) is 2.21. The van der Waals surface area contributed by atoms with Gasteiger partial charge in [-0.1, -0.05) is 18.2 Å². The minimum atomic E-state index is -0.0217. The normalized spacial score (nSPS) is 20.6. The first-order valence-electron chi connectivity index (χ1n) is 10.1. The van der Waals surface area contributed by atoms with E-state index in [2.05, 4.69) is 28.6 Å². The molecule has 1 N–H and O–H groups in total. The number of hydrogen-bond donors (Lipinski definition) is 1. The SMILES string of the molecule is CC1c2ccsc2CCN1CC(=O)N1CCC(C(=O)Nc2ccccc2)CC1. The van der Waals surface area contributed by atoms with Gasteiger partial charge < -0.3 is 10.2 Å². The maximum absolute atomic E-state index is 12.8. The third-order valence-electron chi connectivity index (χ3n) is 6.00. The molecule has 2 amide bonds. The molecule has 1 aromatic heterocycles. The predicted octanol–water partition coefficient (Wildman–Crippen LogP) is 3.54. The molecular weight excluding hydrogens is 370 g/mol. The van der Waals surface area contributed by atoms with Crippen LogP contribution in [0.2, 0.25) is 0 Å². The van der Waals surface area contributed by atoms with Crippen LogP contribution in [0.1, 0.15) is 36.2 Å². The lowest BCUT2D eigenvalue weighted by Gasteiger charge is -2.36. The van der Waals surface area contributed by atoms with Crippen molar-refractivity contribution < 1.29 is 9.59 Å². The zero-order valence-electron chi connectivity index (χ0n) is 16.3. The second kappa shape index (κ2) is 8.45. The largest absolute Gasteiger partial charge is 0.342 e. The molecule has 0 radical (unpaired) electrons. The molecule has 1 saturated heterocycles. The lowest BCUT2D eigenvalue weighted by atomic mass is 9.95. The molecule has 2 aliphatic heterocycles. The molecule has 28 heavy (non-hydrogen) atoms. The summed E-state index contributed by atoms with van der Waals surface area (Å²) in [4.78, 5) is 31.0. The fourth-order valence-corrected chi connectivity index (χ4v) is 5.17. The molecule has 1 unspecified atom stereocenters. The molecule has 2 aliphatic rings. The fourth-order valence-electron chi connectivity index (χ4n) is 4.21. The van der Waals surface area contributed by atoms with Crippen molar-refractivity contribution in [3.8, 4) is 0 Å². The number of anilines is 1. The highest BCUT2D eigenvalue weighted by atomic mass is 32.1. The smallest absolute Gasteiger partial charge is 0.236 e. The van der Waals surface area contributed by atoms with Gasteiger partial charge in [0.15, 0.2) is 0 Å². The highest BCUT2D eigenvalue weighted by Gasteiger charge is 2.31. The van der Waals surface area contributed by atoms with Crippen LogP contribution < -0.4 is 5.32 Å². The van der Waals surface area contributed by atoms with E-state index < -0.39 is 0 Å². The Morgan fingerprint density at radius 2 is 1.86 bits per heavy atom. The lowest BCUT2D eigenvalue weighted by Crippen LogP contribution is -2.47. The molecule has 1 atom stereocenters. The van der Waals surface area contributed by atoms with Crippen LogP contribution >= 0.6 is 11.3 Å². The standard InChI is InChI=1S/C22H27N3O2S/c1-16-19-10-14-28-20(19)9-13-25(16)15-21(26)24-11-7-17(8-12-24)22(27)23-18-5-3-2-4-6-18/h2-6,10,14,16-17H,7-9,11-13,15H2,1H3,(H,23,27). The molecule has 148 valence electrons. The van der Waals surface area contributed by atoms with E-state index in [-0.39, 0.29) is 17.7 Å². The quantitative estimate of drug-likeness (QED) is 0.859. The van der Waals surface area contributed by atoms with Crippen molar-refractivity contribution in [2.24, 2.45) is 5.92 Å². The van der Waals surface area contributed by atoms with Gasteiger partial charge in [-0.05, 0) is 55.3 Å². The molecule has 1 aromatic carbocycles. The first-order valence-corrected chi connectivity index (χ1v) is 10.9.